The smallest absolute Gasteiger partial charge is 0.191 e. The lowest BCUT2D eigenvalue weighted by Crippen LogP contribution is -2.50. The molecule has 152 valence electrons. The molecule has 0 aromatic heterocycles. The number of rotatable bonds is 5. The number of hydrogen-bond donors (Lipinski definition) is 2. The number of guanidine groups is 1. The molecule has 0 spiro atoms. The third-order valence-corrected chi connectivity index (χ3v) is 6.13. The molecule has 0 amide bonds. The van der Waals surface area contributed by atoms with Gasteiger partial charge >= 0.3 is 0 Å². The predicted molar refractivity (Wildman–Crippen MR) is 126 cm³/mol. The fourth-order valence-corrected chi connectivity index (χ4v) is 4.50. The molecule has 4 nitrogen and oxygen atoms in total. The molecule has 1 saturated heterocycles. The summed E-state index contributed by atoms with van der Waals surface area (Å²) in [5.74, 6) is 0.937. The predicted octanol–water partition coefficient (Wildman–Crippen LogP) is 4.33. The lowest BCUT2D eigenvalue weighted by molar-refractivity contribution is 0.119. The average molecular weight is 484 g/mol. The molecule has 3 rings (SSSR count). The van der Waals surface area contributed by atoms with Gasteiger partial charge in [0.15, 0.2) is 5.96 Å². The molecule has 0 radical (unpaired) electrons. The number of piperidine rings is 1. The number of halogens is 1. The molecule has 2 N–H and O–H groups in total. The number of nitrogens with zero attached hydrogens (tertiary/aromatic N) is 2. The van der Waals surface area contributed by atoms with E-state index < -0.39 is 0 Å². The third-order valence-electron chi connectivity index (χ3n) is 6.13. The lowest BCUT2D eigenvalue weighted by Gasteiger charge is -2.39. The van der Waals surface area contributed by atoms with E-state index in [-0.39, 0.29) is 24.0 Å². The zero-order chi connectivity index (χ0) is 18.2. The second-order valence-corrected chi connectivity index (χ2v) is 7.79. The Hall–Kier alpha value is -0.820. The Kier molecular flexibility index (Phi) is 9.90. The number of aliphatic imine (C=N–C) groups is 1. The summed E-state index contributed by atoms with van der Waals surface area (Å²) >= 11 is 0. The van der Waals surface area contributed by atoms with Gasteiger partial charge in [-0.1, -0.05) is 50.5 Å². The summed E-state index contributed by atoms with van der Waals surface area (Å²) in [6, 6.07) is 10.1. The van der Waals surface area contributed by atoms with Crippen molar-refractivity contribution < 1.29 is 0 Å². The number of benzene rings is 1. The van der Waals surface area contributed by atoms with Gasteiger partial charge < -0.3 is 15.5 Å². The first-order chi connectivity index (χ1) is 12.8. The summed E-state index contributed by atoms with van der Waals surface area (Å²) in [6.07, 6.45) is 10.7. The van der Waals surface area contributed by atoms with E-state index in [1.54, 1.807) is 0 Å². The zero-order valence-corrected chi connectivity index (χ0v) is 19.4. The molecule has 0 bridgehead atoms. The van der Waals surface area contributed by atoms with Crippen molar-refractivity contribution in [3.8, 4) is 0 Å². The van der Waals surface area contributed by atoms with Crippen LogP contribution in [0.1, 0.15) is 63.0 Å². The van der Waals surface area contributed by atoms with Crippen LogP contribution in [0.5, 0.6) is 0 Å². The van der Waals surface area contributed by atoms with Gasteiger partial charge in [0, 0.05) is 38.8 Å². The van der Waals surface area contributed by atoms with E-state index >= 15 is 0 Å². The molecule has 27 heavy (non-hydrogen) atoms. The Morgan fingerprint density at radius 2 is 1.70 bits per heavy atom. The first kappa shape index (κ1) is 22.5. The van der Waals surface area contributed by atoms with E-state index in [2.05, 4.69) is 51.7 Å². The molecule has 2 fully saturated rings. The monoisotopic (exact) mass is 484 g/mol. The molecule has 5 heteroatoms. The molecule has 0 atom stereocenters. The van der Waals surface area contributed by atoms with Crippen LogP contribution in [0.4, 0.5) is 0 Å². The summed E-state index contributed by atoms with van der Waals surface area (Å²) in [4.78, 5) is 7.18. The van der Waals surface area contributed by atoms with Gasteiger partial charge in [0.05, 0.1) is 0 Å². The Balaban J connectivity index is 0.00000261. The van der Waals surface area contributed by atoms with Crippen LogP contribution in [0.2, 0.25) is 0 Å². The van der Waals surface area contributed by atoms with Crippen molar-refractivity contribution in [2.75, 3.05) is 20.1 Å². The van der Waals surface area contributed by atoms with Gasteiger partial charge in [-0.05, 0) is 43.2 Å². The van der Waals surface area contributed by atoms with Crippen molar-refractivity contribution in [3.05, 3.63) is 35.4 Å². The maximum Gasteiger partial charge on any atom is 0.191 e. The highest BCUT2D eigenvalue weighted by Gasteiger charge is 2.26. The SMILES string of the molecule is CCc1ccccc1CNC(=NC)NC1CCN(C2CCCCC2)CC1.I. The molecular formula is C22H37IN4. The molecule has 1 heterocycles. The van der Waals surface area contributed by atoms with Crippen molar-refractivity contribution in [2.24, 2.45) is 4.99 Å². The third kappa shape index (κ3) is 6.63. The molecule has 1 aliphatic carbocycles. The van der Waals surface area contributed by atoms with Crippen LogP contribution in [0.25, 0.3) is 0 Å². The second kappa shape index (κ2) is 11.9. The number of hydrogen-bond acceptors (Lipinski definition) is 2. The lowest BCUT2D eigenvalue weighted by atomic mass is 9.92. The average Bonchev–Trinajstić information content (AvgIpc) is 2.72. The van der Waals surface area contributed by atoms with E-state index in [4.69, 9.17) is 0 Å². The second-order valence-electron chi connectivity index (χ2n) is 7.79. The van der Waals surface area contributed by atoms with Crippen LogP contribution in [0.15, 0.2) is 29.3 Å². The van der Waals surface area contributed by atoms with E-state index in [9.17, 15) is 0 Å². The van der Waals surface area contributed by atoms with Gasteiger partial charge in [0.2, 0.25) is 0 Å². The normalized spacial score (nSPS) is 20.1. The zero-order valence-electron chi connectivity index (χ0n) is 17.0. The Morgan fingerprint density at radius 3 is 2.33 bits per heavy atom. The first-order valence-corrected chi connectivity index (χ1v) is 10.6. The summed E-state index contributed by atoms with van der Waals surface area (Å²) in [7, 11) is 1.87. The van der Waals surface area contributed by atoms with Crippen LogP contribution in [0, 0.1) is 0 Å². The van der Waals surface area contributed by atoms with E-state index in [0.29, 0.717) is 6.04 Å². The minimum Gasteiger partial charge on any atom is -0.354 e. The van der Waals surface area contributed by atoms with E-state index in [1.165, 1.54) is 69.2 Å². The van der Waals surface area contributed by atoms with Crippen molar-refractivity contribution in [3.63, 3.8) is 0 Å². The highest BCUT2D eigenvalue weighted by Crippen LogP contribution is 2.25. The van der Waals surface area contributed by atoms with Gasteiger partial charge in [-0.25, -0.2) is 0 Å². The first-order valence-electron chi connectivity index (χ1n) is 10.6. The van der Waals surface area contributed by atoms with E-state index in [1.807, 2.05) is 7.05 Å². The number of aryl methyl sites for hydroxylation is 1. The molecule has 1 aromatic carbocycles. The quantitative estimate of drug-likeness (QED) is 0.372. The molecule has 2 aliphatic rings. The van der Waals surface area contributed by atoms with Crippen LogP contribution < -0.4 is 10.6 Å². The van der Waals surface area contributed by atoms with Gasteiger partial charge in [-0.15, -0.1) is 24.0 Å². The minimum absolute atomic E-state index is 0. The summed E-state index contributed by atoms with van der Waals surface area (Å²) in [5.41, 5.74) is 2.78. The topological polar surface area (TPSA) is 39.7 Å². The molecule has 0 unspecified atom stereocenters. The standard InChI is InChI=1S/C22H36N4.HI/c1-3-18-9-7-8-10-19(18)17-24-22(23-2)25-20-13-15-26(16-14-20)21-11-5-4-6-12-21;/h7-10,20-21H,3-6,11-17H2,1-2H3,(H2,23,24,25);1H. The van der Waals surface area contributed by atoms with Gasteiger partial charge in [-0.2, -0.15) is 0 Å². The maximum absolute atomic E-state index is 4.44. The van der Waals surface area contributed by atoms with Crippen LogP contribution in [-0.2, 0) is 13.0 Å². The number of likely N-dealkylation sites (tertiary alicyclic amines) is 1. The minimum atomic E-state index is 0. The van der Waals surface area contributed by atoms with Gasteiger partial charge in [0.25, 0.3) is 0 Å². The fourth-order valence-electron chi connectivity index (χ4n) is 4.50. The fraction of sp³-hybridized carbons (Fsp3) is 0.682. The van der Waals surface area contributed by atoms with Crippen LogP contribution >= 0.6 is 24.0 Å². The van der Waals surface area contributed by atoms with Crippen molar-refractivity contribution in [1.82, 2.24) is 15.5 Å². The summed E-state index contributed by atoms with van der Waals surface area (Å²) in [6.45, 7) is 5.52. The number of nitrogens with one attached hydrogen (secondary N) is 2. The summed E-state index contributed by atoms with van der Waals surface area (Å²) < 4.78 is 0. The van der Waals surface area contributed by atoms with Crippen LogP contribution in [-0.4, -0.2) is 43.1 Å². The Morgan fingerprint density at radius 1 is 1.04 bits per heavy atom. The highest BCUT2D eigenvalue weighted by molar-refractivity contribution is 14.0. The van der Waals surface area contributed by atoms with Crippen molar-refractivity contribution in [2.45, 2.75) is 76.9 Å². The maximum atomic E-state index is 4.44. The largest absolute Gasteiger partial charge is 0.354 e. The molecule has 1 aromatic rings. The van der Waals surface area contributed by atoms with Gasteiger partial charge in [0.1, 0.15) is 0 Å². The molecular weight excluding hydrogens is 447 g/mol. The Bertz CT molecular complexity index is 575. The Labute approximate surface area is 182 Å². The van der Waals surface area contributed by atoms with E-state index in [0.717, 1.165) is 25.0 Å². The summed E-state index contributed by atoms with van der Waals surface area (Å²) in [5, 5.41) is 7.16. The molecule has 1 aliphatic heterocycles. The van der Waals surface area contributed by atoms with Gasteiger partial charge in [-0.3, -0.25) is 4.99 Å². The van der Waals surface area contributed by atoms with Crippen molar-refractivity contribution >= 4 is 29.9 Å². The van der Waals surface area contributed by atoms with Crippen LogP contribution in [0.3, 0.4) is 0 Å². The molecule has 1 saturated carbocycles. The van der Waals surface area contributed by atoms with Crippen molar-refractivity contribution in [1.29, 1.82) is 0 Å². The highest BCUT2D eigenvalue weighted by atomic mass is 127.